The van der Waals surface area contributed by atoms with E-state index in [9.17, 15) is 4.79 Å². The first-order valence-corrected chi connectivity index (χ1v) is 7.22. The summed E-state index contributed by atoms with van der Waals surface area (Å²) in [6.45, 7) is 0. The van der Waals surface area contributed by atoms with E-state index in [0.29, 0.717) is 12.1 Å². The van der Waals surface area contributed by atoms with Crippen molar-refractivity contribution in [2.24, 2.45) is 0 Å². The van der Waals surface area contributed by atoms with E-state index in [2.05, 4.69) is 15.5 Å². The first kappa shape index (κ1) is 12.2. The molecule has 104 valence electrons. The predicted octanol–water partition coefficient (Wildman–Crippen LogP) is 1.96. The summed E-state index contributed by atoms with van der Waals surface area (Å²) in [6.07, 6.45) is 2.29. The molecule has 0 bridgehead atoms. The predicted molar refractivity (Wildman–Crippen MR) is 80.3 cm³/mol. The number of hydrogen-bond donors (Lipinski definition) is 2. The summed E-state index contributed by atoms with van der Waals surface area (Å²) in [5.74, 6) is -0.000484. The van der Waals surface area contributed by atoms with Crippen molar-refractivity contribution in [3.05, 3.63) is 42.1 Å². The SMILES string of the molecule is Nc1cc2c(cc1Sc1nnc3ccccn13)NC(=O)C2. The Balaban J connectivity index is 1.75. The summed E-state index contributed by atoms with van der Waals surface area (Å²) in [7, 11) is 0. The van der Waals surface area contributed by atoms with Crippen LogP contribution in [0.2, 0.25) is 0 Å². The van der Waals surface area contributed by atoms with Crippen LogP contribution in [0.15, 0.2) is 46.6 Å². The molecule has 3 aromatic rings. The number of fused-ring (bicyclic) bond motifs is 2. The second-order valence-corrected chi connectivity index (χ2v) is 5.79. The molecule has 0 fully saturated rings. The van der Waals surface area contributed by atoms with E-state index in [-0.39, 0.29) is 5.91 Å². The van der Waals surface area contributed by atoms with Crippen LogP contribution in [-0.4, -0.2) is 20.5 Å². The molecule has 2 aromatic heterocycles. The Labute approximate surface area is 124 Å². The second-order valence-electron chi connectivity index (χ2n) is 4.79. The van der Waals surface area contributed by atoms with Gasteiger partial charge in [-0.2, -0.15) is 0 Å². The Kier molecular flexibility index (Phi) is 2.61. The fraction of sp³-hybridized carbons (Fsp3) is 0.0714. The van der Waals surface area contributed by atoms with Crippen LogP contribution in [0.1, 0.15) is 5.56 Å². The molecular weight excluding hydrogens is 286 g/mol. The number of nitrogens with zero attached hydrogens (tertiary/aromatic N) is 3. The van der Waals surface area contributed by atoms with Crippen molar-refractivity contribution in [2.45, 2.75) is 16.5 Å². The molecule has 4 rings (SSSR count). The van der Waals surface area contributed by atoms with Gasteiger partial charge in [-0.25, -0.2) is 0 Å². The number of pyridine rings is 1. The molecule has 0 aliphatic carbocycles. The first-order chi connectivity index (χ1) is 10.2. The molecule has 0 atom stereocenters. The lowest BCUT2D eigenvalue weighted by atomic mass is 10.1. The fourth-order valence-electron chi connectivity index (χ4n) is 2.35. The van der Waals surface area contributed by atoms with Crippen molar-refractivity contribution in [3.8, 4) is 0 Å². The smallest absolute Gasteiger partial charge is 0.228 e. The lowest BCUT2D eigenvalue weighted by Gasteiger charge is -2.07. The largest absolute Gasteiger partial charge is 0.398 e. The van der Waals surface area contributed by atoms with Gasteiger partial charge in [0.15, 0.2) is 5.65 Å². The zero-order valence-corrected chi connectivity index (χ0v) is 11.7. The van der Waals surface area contributed by atoms with Crippen molar-refractivity contribution in [3.63, 3.8) is 0 Å². The molecular formula is C14H11N5OS. The van der Waals surface area contributed by atoms with Gasteiger partial charge in [0.2, 0.25) is 11.1 Å². The highest BCUT2D eigenvalue weighted by atomic mass is 32.2. The van der Waals surface area contributed by atoms with Gasteiger partial charge in [0.25, 0.3) is 0 Å². The Morgan fingerprint density at radius 3 is 3.10 bits per heavy atom. The Morgan fingerprint density at radius 2 is 2.19 bits per heavy atom. The summed E-state index contributed by atoms with van der Waals surface area (Å²) in [5.41, 5.74) is 9.27. The van der Waals surface area contributed by atoms with Crippen molar-refractivity contribution < 1.29 is 4.79 Å². The molecule has 0 radical (unpaired) electrons. The highest BCUT2D eigenvalue weighted by Crippen LogP contribution is 2.36. The van der Waals surface area contributed by atoms with Crippen LogP contribution in [0.5, 0.6) is 0 Å². The van der Waals surface area contributed by atoms with E-state index in [1.165, 1.54) is 11.8 Å². The third-order valence-electron chi connectivity index (χ3n) is 3.34. The summed E-state index contributed by atoms with van der Waals surface area (Å²) < 4.78 is 1.90. The molecule has 7 heteroatoms. The van der Waals surface area contributed by atoms with Gasteiger partial charge >= 0.3 is 0 Å². The second kappa shape index (κ2) is 4.49. The lowest BCUT2D eigenvalue weighted by Crippen LogP contribution is -2.03. The Morgan fingerprint density at radius 1 is 1.29 bits per heavy atom. The van der Waals surface area contributed by atoms with Gasteiger partial charge in [-0.15, -0.1) is 10.2 Å². The van der Waals surface area contributed by atoms with Crippen molar-refractivity contribution >= 4 is 34.7 Å². The third-order valence-corrected chi connectivity index (χ3v) is 4.38. The van der Waals surface area contributed by atoms with Gasteiger partial charge in [-0.3, -0.25) is 9.20 Å². The maximum Gasteiger partial charge on any atom is 0.228 e. The molecule has 1 aliphatic rings. The summed E-state index contributed by atoms with van der Waals surface area (Å²) >= 11 is 1.43. The highest BCUT2D eigenvalue weighted by Gasteiger charge is 2.20. The van der Waals surface area contributed by atoms with E-state index in [1.807, 2.05) is 40.9 Å². The molecule has 0 spiro atoms. The Bertz CT molecular complexity index is 873. The number of aromatic nitrogens is 3. The number of carbonyl (C=O) groups excluding carboxylic acids is 1. The topological polar surface area (TPSA) is 85.3 Å². The molecule has 0 unspecified atom stereocenters. The van der Waals surface area contributed by atoms with E-state index in [4.69, 9.17) is 5.73 Å². The van der Waals surface area contributed by atoms with Gasteiger partial charge in [0, 0.05) is 22.5 Å². The average Bonchev–Trinajstić information content (AvgIpc) is 3.02. The van der Waals surface area contributed by atoms with Crippen LogP contribution in [0.25, 0.3) is 5.65 Å². The van der Waals surface area contributed by atoms with Crippen LogP contribution in [0.3, 0.4) is 0 Å². The number of benzene rings is 1. The number of nitrogen functional groups attached to an aromatic ring is 1. The maximum absolute atomic E-state index is 11.4. The molecule has 1 amide bonds. The lowest BCUT2D eigenvalue weighted by molar-refractivity contribution is -0.115. The van der Waals surface area contributed by atoms with Crippen LogP contribution >= 0.6 is 11.8 Å². The van der Waals surface area contributed by atoms with Crippen LogP contribution < -0.4 is 11.1 Å². The molecule has 3 heterocycles. The zero-order valence-electron chi connectivity index (χ0n) is 10.9. The quantitative estimate of drug-likeness (QED) is 0.706. The van der Waals surface area contributed by atoms with Crippen molar-refractivity contribution in [2.75, 3.05) is 11.1 Å². The molecule has 0 saturated heterocycles. The number of nitrogens with two attached hydrogens (primary N) is 1. The number of rotatable bonds is 2. The number of carbonyl (C=O) groups is 1. The van der Waals surface area contributed by atoms with E-state index >= 15 is 0 Å². The third kappa shape index (κ3) is 2.02. The van der Waals surface area contributed by atoms with Crippen molar-refractivity contribution in [1.29, 1.82) is 0 Å². The van der Waals surface area contributed by atoms with Gasteiger partial charge < -0.3 is 11.1 Å². The van der Waals surface area contributed by atoms with Gasteiger partial charge in [-0.05, 0) is 41.6 Å². The standard InChI is InChI=1S/C14H11N5OS/c15-9-5-8-6-13(20)16-10(8)7-11(9)21-14-18-17-12-3-1-2-4-19(12)14/h1-5,7H,6,15H2,(H,16,20). The molecule has 6 nitrogen and oxygen atoms in total. The van der Waals surface area contributed by atoms with Crippen LogP contribution in [0.4, 0.5) is 11.4 Å². The minimum Gasteiger partial charge on any atom is -0.398 e. The molecule has 1 aliphatic heterocycles. The molecule has 3 N–H and O–H groups in total. The van der Waals surface area contributed by atoms with E-state index in [1.54, 1.807) is 0 Å². The molecule has 0 saturated carbocycles. The molecule has 1 aromatic carbocycles. The minimum atomic E-state index is -0.000484. The van der Waals surface area contributed by atoms with Gasteiger partial charge in [-0.1, -0.05) is 6.07 Å². The number of nitrogens with one attached hydrogen (secondary N) is 1. The van der Waals surface area contributed by atoms with Crippen LogP contribution in [0, 0.1) is 0 Å². The number of anilines is 2. The number of amides is 1. The summed E-state index contributed by atoms with van der Waals surface area (Å²) in [4.78, 5) is 12.3. The van der Waals surface area contributed by atoms with Gasteiger partial charge in [0.1, 0.15) is 0 Å². The van der Waals surface area contributed by atoms with Crippen LogP contribution in [-0.2, 0) is 11.2 Å². The molecule has 21 heavy (non-hydrogen) atoms. The normalized spacial score (nSPS) is 13.4. The number of hydrogen-bond acceptors (Lipinski definition) is 5. The summed E-state index contributed by atoms with van der Waals surface area (Å²) in [6, 6.07) is 9.47. The fourth-order valence-corrected chi connectivity index (χ4v) is 3.23. The average molecular weight is 297 g/mol. The van der Waals surface area contributed by atoms with Crippen molar-refractivity contribution in [1.82, 2.24) is 14.6 Å². The van der Waals surface area contributed by atoms with Gasteiger partial charge in [0.05, 0.1) is 6.42 Å². The highest BCUT2D eigenvalue weighted by molar-refractivity contribution is 7.99. The van der Waals surface area contributed by atoms with E-state index in [0.717, 1.165) is 26.9 Å². The monoisotopic (exact) mass is 297 g/mol. The van der Waals surface area contributed by atoms with E-state index < -0.39 is 0 Å². The first-order valence-electron chi connectivity index (χ1n) is 6.40. The minimum absolute atomic E-state index is 0.000484. The summed E-state index contributed by atoms with van der Waals surface area (Å²) in [5, 5.41) is 11.9. The maximum atomic E-state index is 11.4. The zero-order chi connectivity index (χ0) is 14.4. The Hall–Kier alpha value is -2.54.